The number of rotatable bonds is 6. The standard InChI is InChI=1S/C32H30N8O/c1-21(2)40-19-25(17-35-40)36-27-8-7-15-39-26(18-34-30(27)39)14-13-23-16-24(12-11-22(23)3)31(41)38-29-10-6-9-28(37-29)32(4,5)20-33/h6-12,15-19,21,36H,1-5H3,(H,37,38,41). The van der Waals surface area contributed by atoms with Gasteiger partial charge in [-0.15, -0.1) is 0 Å². The molecule has 0 spiro atoms. The van der Waals surface area contributed by atoms with Crippen LogP contribution in [0.2, 0.25) is 0 Å². The minimum Gasteiger partial charge on any atom is -0.350 e. The van der Waals surface area contributed by atoms with E-state index < -0.39 is 5.41 Å². The minimum absolute atomic E-state index is 0.271. The van der Waals surface area contributed by atoms with Crippen LogP contribution in [-0.2, 0) is 5.41 Å². The van der Waals surface area contributed by atoms with Crippen molar-refractivity contribution in [1.82, 2.24) is 24.1 Å². The number of amides is 1. The lowest BCUT2D eigenvalue weighted by atomic mass is 9.91. The predicted molar refractivity (Wildman–Crippen MR) is 159 cm³/mol. The van der Waals surface area contributed by atoms with Gasteiger partial charge in [0, 0.05) is 29.6 Å². The highest BCUT2D eigenvalue weighted by Gasteiger charge is 2.22. The SMILES string of the molecule is Cc1ccc(C(=O)Nc2cccc(C(C)(C)C#N)n2)cc1C#Cc1cnc2c(Nc3cnn(C(C)C)c3)cccn12. The van der Waals surface area contributed by atoms with E-state index >= 15 is 0 Å². The van der Waals surface area contributed by atoms with Crippen molar-refractivity contribution in [3.63, 3.8) is 0 Å². The first-order chi connectivity index (χ1) is 19.6. The number of pyridine rings is 2. The van der Waals surface area contributed by atoms with E-state index in [4.69, 9.17) is 0 Å². The van der Waals surface area contributed by atoms with Crippen LogP contribution in [0.25, 0.3) is 5.65 Å². The maximum atomic E-state index is 13.1. The number of benzene rings is 1. The number of hydrogen-bond donors (Lipinski definition) is 2. The molecule has 204 valence electrons. The fraction of sp³-hybridized carbons (Fsp3) is 0.219. The molecule has 4 aromatic heterocycles. The van der Waals surface area contributed by atoms with Crippen LogP contribution in [-0.4, -0.2) is 30.1 Å². The van der Waals surface area contributed by atoms with E-state index in [1.54, 1.807) is 56.6 Å². The third-order valence-corrected chi connectivity index (χ3v) is 6.68. The zero-order chi connectivity index (χ0) is 29.1. The van der Waals surface area contributed by atoms with Gasteiger partial charge in [-0.05, 0) is 82.5 Å². The lowest BCUT2D eigenvalue weighted by Gasteiger charge is -2.15. The van der Waals surface area contributed by atoms with Crippen LogP contribution in [0.1, 0.15) is 66.6 Å². The lowest BCUT2D eigenvalue weighted by molar-refractivity contribution is 0.102. The Balaban J connectivity index is 1.38. The summed E-state index contributed by atoms with van der Waals surface area (Å²) >= 11 is 0. The molecule has 5 rings (SSSR count). The normalized spacial score (nSPS) is 11.1. The van der Waals surface area contributed by atoms with Gasteiger partial charge >= 0.3 is 0 Å². The quantitative estimate of drug-likeness (QED) is 0.254. The van der Waals surface area contributed by atoms with Gasteiger partial charge in [0.05, 0.1) is 40.9 Å². The molecule has 0 bridgehead atoms. The van der Waals surface area contributed by atoms with Gasteiger partial charge < -0.3 is 10.6 Å². The summed E-state index contributed by atoms with van der Waals surface area (Å²) in [6, 6.07) is 17.1. The molecule has 2 N–H and O–H groups in total. The van der Waals surface area contributed by atoms with Crippen LogP contribution in [0, 0.1) is 30.1 Å². The van der Waals surface area contributed by atoms with Crippen LogP contribution in [0.5, 0.6) is 0 Å². The first kappa shape index (κ1) is 27.2. The number of aryl methyl sites for hydroxylation is 1. The molecule has 1 amide bonds. The van der Waals surface area contributed by atoms with Gasteiger partial charge in [-0.3, -0.25) is 13.9 Å². The molecule has 41 heavy (non-hydrogen) atoms. The zero-order valence-electron chi connectivity index (χ0n) is 23.6. The van der Waals surface area contributed by atoms with Crippen LogP contribution in [0.3, 0.4) is 0 Å². The molecule has 0 aliphatic heterocycles. The Morgan fingerprint density at radius 3 is 2.66 bits per heavy atom. The molecule has 0 saturated heterocycles. The fourth-order valence-corrected chi connectivity index (χ4v) is 4.17. The van der Waals surface area contributed by atoms with E-state index in [1.807, 2.05) is 46.6 Å². The number of hydrogen-bond acceptors (Lipinski definition) is 6. The Labute approximate surface area is 238 Å². The molecule has 0 saturated carbocycles. The number of aromatic nitrogens is 5. The molecule has 9 nitrogen and oxygen atoms in total. The van der Waals surface area contributed by atoms with Gasteiger partial charge in [-0.1, -0.05) is 18.1 Å². The number of carbonyl (C=O) groups is 1. The van der Waals surface area contributed by atoms with Crippen molar-refractivity contribution in [2.75, 3.05) is 10.6 Å². The highest BCUT2D eigenvalue weighted by Crippen LogP contribution is 2.23. The highest BCUT2D eigenvalue weighted by molar-refractivity contribution is 6.04. The Hall–Kier alpha value is -5.41. The molecule has 0 fully saturated rings. The Morgan fingerprint density at radius 1 is 1.07 bits per heavy atom. The summed E-state index contributed by atoms with van der Waals surface area (Å²) in [5.41, 5.74) is 5.14. The summed E-state index contributed by atoms with van der Waals surface area (Å²) in [5.74, 6) is 6.50. The highest BCUT2D eigenvalue weighted by atomic mass is 16.1. The molecule has 0 aliphatic carbocycles. The van der Waals surface area contributed by atoms with Gasteiger partial charge in [0.15, 0.2) is 5.65 Å². The molecular formula is C32H30N8O. The Morgan fingerprint density at radius 2 is 1.90 bits per heavy atom. The second kappa shape index (κ2) is 11.0. The maximum Gasteiger partial charge on any atom is 0.256 e. The second-order valence-electron chi connectivity index (χ2n) is 10.6. The molecule has 4 heterocycles. The zero-order valence-corrected chi connectivity index (χ0v) is 23.6. The lowest BCUT2D eigenvalue weighted by Crippen LogP contribution is -2.18. The summed E-state index contributed by atoms with van der Waals surface area (Å²) in [6.45, 7) is 9.68. The molecule has 0 radical (unpaired) electrons. The van der Waals surface area contributed by atoms with Crippen molar-refractivity contribution in [1.29, 1.82) is 5.26 Å². The number of carbonyl (C=O) groups excluding carboxylic acids is 1. The summed E-state index contributed by atoms with van der Waals surface area (Å²) in [7, 11) is 0. The third kappa shape index (κ3) is 5.80. The number of anilines is 3. The molecule has 0 aliphatic rings. The van der Waals surface area contributed by atoms with Crippen LogP contribution >= 0.6 is 0 Å². The van der Waals surface area contributed by atoms with Gasteiger partial charge in [-0.25, -0.2) is 9.97 Å². The average molecular weight is 543 g/mol. The summed E-state index contributed by atoms with van der Waals surface area (Å²) in [5, 5.41) is 20.0. The summed E-state index contributed by atoms with van der Waals surface area (Å²) in [6.07, 6.45) is 7.40. The van der Waals surface area contributed by atoms with Crippen LogP contribution < -0.4 is 10.6 Å². The van der Waals surface area contributed by atoms with Crippen molar-refractivity contribution in [3.8, 4) is 17.9 Å². The molecule has 5 aromatic rings. The van der Waals surface area contributed by atoms with E-state index in [1.165, 1.54) is 0 Å². The number of imidazole rings is 1. The summed E-state index contributed by atoms with van der Waals surface area (Å²) in [4.78, 5) is 22.1. The molecule has 1 aromatic carbocycles. The smallest absolute Gasteiger partial charge is 0.256 e. The van der Waals surface area contributed by atoms with E-state index in [0.29, 0.717) is 17.1 Å². The van der Waals surface area contributed by atoms with Crippen molar-refractivity contribution < 1.29 is 4.79 Å². The average Bonchev–Trinajstić information content (AvgIpc) is 3.61. The van der Waals surface area contributed by atoms with Gasteiger partial charge in [-0.2, -0.15) is 10.4 Å². The first-order valence-corrected chi connectivity index (χ1v) is 13.2. The van der Waals surface area contributed by atoms with E-state index in [-0.39, 0.29) is 11.9 Å². The molecular weight excluding hydrogens is 512 g/mol. The van der Waals surface area contributed by atoms with E-state index in [9.17, 15) is 10.1 Å². The predicted octanol–water partition coefficient (Wildman–Crippen LogP) is 6.01. The van der Waals surface area contributed by atoms with Gasteiger partial charge in [0.2, 0.25) is 0 Å². The Kier molecular flexibility index (Phi) is 7.28. The monoisotopic (exact) mass is 542 g/mol. The number of nitrogens with one attached hydrogen (secondary N) is 2. The number of fused-ring (bicyclic) bond motifs is 1. The van der Waals surface area contributed by atoms with Crippen molar-refractivity contribution >= 4 is 28.7 Å². The van der Waals surface area contributed by atoms with E-state index in [2.05, 4.69) is 57.5 Å². The van der Waals surface area contributed by atoms with Gasteiger partial charge in [0.1, 0.15) is 11.5 Å². The maximum absolute atomic E-state index is 13.1. The second-order valence-corrected chi connectivity index (χ2v) is 10.6. The van der Waals surface area contributed by atoms with Crippen molar-refractivity contribution in [2.45, 2.75) is 46.1 Å². The topological polar surface area (TPSA) is 113 Å². The molecule has 0 atom stereocenters. The minimum atomic E-state index is -0.765. The number of nitrogens with zero attached hydrogens (tertiary/aromatic N) is 6. The first-order valence-electron chi connectivity index (χ1n) is 13.2. The molecule has 9 heteroatoms. The van der Waals surface area contributed by atoms with Crippen LogP contribution in [0.15, 0.2) is 73.3 Å². The van der Waals surface area contributed by atoms with Crippen molar-refractivity contribution in [3.05, 3.63) is 101 Å². The third-order valence-electron chi connectivity index (χ3n) is 6.68. The van der Waals surface area contributed by atoms with E-state index in [0.717, 1.165) is 33.8 Å². The molecule has 0 unspecified atom stereocenters. The Bertz CT molecular complexity index is 1860. The summed E-state index contributed by atoms with van der Waals surface area (Å²) < 4.78 is 3.82. The van der Waals surface area contributed by atoms with Crippen LogP contribution in [0.4, 0.5) is 17.2 Å². The largest absolute Gasteiger partial charge is 0.350 e. The fourth-order valence-electron chi connectivity index (χ4n) is 4.17. The van der Waals surface area contributed by atoms with Crippen molar-refractivity contribution in [2.24, 2.45) is 0 Å². The van der Waals surface area contributed by atoms with Gasteiger partial charge in [0.25, 0.3) is 5.91 Å². The number of nitriles is 1.